The van der Waals surface area contributed by atoms with Gasteiger partial charge in [-0.15, -0.1) is 0 Å². The van der Waals surface area contributed by atoms with Crippen LogP contribution < -0.4 is 20.1 Å². The summed E-state index contributed by atoms with van der Waals surface area (Å²) in [6.45, 7) is 3.86. The highest BCUT2D eigenvalue weighted by Gasteiger charge is 2.22. The molecule has 1 aromatic rings. The van der Waals surface area contributed by atoms with E-state index in [1.54, 1.807) is 7.11 Å². The van der Waals surface area contributed by atoms with Crippen LogP contribution in [-0.4, -0.2) is 32.2 Å². The van der Waals surface area contributed by atoms with Crippen LogP contribution in [0.3, 0.4) is 0 Å². The molecular formula is C16H24N2O3. The van der Waals surface area contributed by atoms with Crippen molar-refractivity contribution in [2.45, 2.75) is 38.8 Å². The van der Waals surface area contributed by atoms with E-state index < -0.39 is 0 Å². The molecule has 1 aliphatic rings. The molecule has 0 atom stereocenters. The van der Waals surface area contributed by atoms with Gasteiger partial charge in [0.05, 0.1) is 13.7 Å². The molecule has 0 radical (unpaired) electrons. The van der Waals surface area contributed by atoms with E-state index >= 15 is 0 Å². The minimum absolute atomic E-state index is 0.125. The first-order chi connectivity index (χ1) is 10.2. The van der Waals surface area contributed by atoms with Crippen LogP contribution in [0.5, 0.6) is 11.5 Å². The summed E-state index contributed by atoms with van der Waals surface area (Å²) in [6, 6.07) is 6.28. The van der Waals surface area contributed by atoms with E-state index in [1.807, 2.05) is 25.1 Å². The Kier molecular flexibility index (Phi) is 5.87. The molecule has 116 valence electrons. The van der Waals surface area contributed by atoms with Crippen molar-refractivity contribution in [1.82, 2.24) is 10.6 Å². The van der Waals surface area contributed by atoms with Gasteiger partial charge in [0.15, 0.2) is 11.5 Å². The summed E-state index contributed by atoms with van der Waals surface area (Å²) in [4.78, 5) is 11.6. The summed E-state index contributed by atoms with van der Waals surface area (Å²) >= 11 is 0. The number of carbonyl (C=O) groups excluding carboxylic acids is 1. The zero-order valence-electron chi connectivity index (χ0n) is 12.8. The second kappa shape index (κ2) is 7.88. The Hall–Kier alpha value is -1.75. The van der Waals surface area contributed by atoms with Gasteiger partial charge in [0.25, 0.3) is 0 Å². The number of nitrogens with one attached hydrogen (secondary N) is 2. The summed E-state index contributed by atoms with van der Waals surface area (Å²) in [7, 11) is 1.64. The van der Waals surface area contributed by atoms with Crippen LogP contribution in [0.25, 0.3) is 0 Å². The maximum absolute atomic E-state index is 11.6. The molecular weight excluding hydrogens is 268 g/mol. The first-order valence-corrected chi connectivity index (χ1v) is 7.53. The first-order valence-electron chi connectivity index (χ1n) is 7.53. The monoisotopic (exact) mass is 292 g/mol. The summed E-state index contributed by atoms with van der Waals surface area (Å²) in [5.74, 6) is 1.64. The lowest BCUT2D eigenvalue weighted by molar-refractivity contribution is -0.121. The number of hydrogen-bond acceptors (Lipinski definition) is 4. The molecule has 0 aliphatic heterocycles. The Morgan fingerprint density at radius 1 is 1.38 bits per heavy atom. The van der Waals surface area contributed by atoms with Gasteiger partial charge in [0.1, 0.15) is 0 Å². The molecule has 5 nitrogen and oxygen atoms in total. The molecule has 0 saturated heterocycles. The number of benzene rings is 1. The van der Waals surface area contributed by atoms with Gasteiger partial charge in [0.2, 0.25) is 5.91 Å². The highest BCUT2D eigenvalue weighted by molar-refractivity contribution is 5.76. The van der Waals surface area contributed by atoms with Crippen LogP contribution in [-0.2, 0) is 11.3 Å². The van der Waals surface area contributed by atoms with Gasteiger partial charge in [-0.2, -0.15) is 0 Å². The molecule has 0 aromatic heterocycles. The Bertz CT molecular complexity index is 473. The molecule has 0 unspecified atom stereocenters. The van der Waals surface area contributed by atoms with E-state index in [4.69, 9.17) is 9.47 Å². The molecule has 21 heavy (non-hydrogen) atoms. The van der Waals surface area contributed by atoms with Crippen molar-refractivity contribution in [2.24, 2.45) is 0 Å². The van der Waals surface area contributed by atoms with Gasteiger partial charge in [-0.05, 0) is 25.8 Å². The molecule has 1 amide bonds. The van der Waals surface area contributed by atoms with Crippen LogP contribution >= 0.6 is 0 Å². The Morgan fingerprint density at radius 2 is 2.19 bits per heavy atom. The zero-order valence-corrected chi connectivity index (χ0v) is 12.8. The second-order valence-corrected chi connectivity index (χ2v) is 5.15. The largest absolute Gasteiger partial charge is 0.493 e. The lowest BCUT2D eigenvalue weighted by Crippen LogP contribution is -2.29. The fourth-order valence-electron chi connectivity index (χ4n) is 2.15. The predicted molar refractivity (Wildman–Crippen MR) is 81.7 cm³/mol. The standard InChI is InChI=1S/C16H24N2O3/c1-3-21-14-6-4-5-12(16(14)20-2)11-17-10-9-15(19)18-13-7-8-13/h4-6,13,17H,3,7-11H2,1-2H3,(H,18,19). The normalized spacial score (nSPS) is 13.8. The molecule has 5 heteroatoms. The average Bonchev–Trinajstić information content (AvgIpc) is 3.28. The van der Waals surface area contributed by atoms with Gasteiger partial charge in [-0.25, -0.2) is 0 Å². The molecule has 1 fully saturated rings. The number of carbonyl (C=O) groups is 1. The fourth-order valence-corrected chi connectivity index (χ4v) is 2.15. The fraction of sp³-hybridized carbons (Fsp3) is 0.562. The molecule has 1 saturated carbocycles. The lowest BCUT2D eigenvalue weighted by Gasteiger charge is -2.14. The van der Waals surface area contributed by atoms with E-state index in [1.165, 1.54) is 0 Å². The van der Waals surface area contributed by atoms with Crippen LogP contribution in [0.4, 0.5) is 0 Å². The zero-order chi connectivity index (χ0) is 15.1. The summed E-state index contributed by atoms with van der Waals surface area (Å²) < 4.78 is 11.0. The number of ether oxygens (including phenoxy) is 2. The minimum Gasteiger partial charge on any atom is -0.493 e. The number of rotatable bonds is 9. The van der Waals surface area contributed by atoms with Crippen molar-refractivity contribution < 1.29 is 14.3 Å². The third-order valence-corrected chi connectivity index (χ3v) is 3.35. The minimum atomic E-state index is 0.125. The summed E-state index contributed by atoms with van der Waals surface area (Å²) in [6.07, 6.45) is 2.76. The molecule has 2 N–H and O–H groups in total. The maximum Gasteiger partial charge on any atom is 0.221 e. The lowest BCUT2D eigenvalue weighted by atomic mass is 10.2. The van der Waals surface area contributed by atoms with E-state index in [2.05, 4.69) is 10.6 Å². The van der Waals surface area contributed by atoms with Crippen molar-refractivity contribution in [3.05, 3.63) is 23.8 Å². The highest BCUT2D eigenvalue weighted by Crippen LogP contribution is 2.30. The van der Waals surface area contributed by atoms with E-state index in [0.717, 1.165) is 29.9 Å². The van der Waals surface area contributed by atoms with Crippen LogP contribution in [0.1, 0.15) is 31.7 Å². The van der Waals surface area contributed by atoms with E-state index in [9.17, 15) is 4.79 Å². The Morgan fingerprint density at radius 3 is 2.86 bits per heavy atom. The van der Waals surface area contributed by atoms with Crippen molar-refractivity contribution in [3.8, 4) is 11.5 Å². The third-order valence-electron chi connectivity index (χ3n) is 3.35. The Labute approximate surface area is 126 Å². The topological polar surface area (TPSA) is 59.6 Å². The number of para-hydroxylation sites is 1. The molecule has 0 heterocycles. The predicted octanol–water partition coefficient (Wildman–Crippen LogP) is 1.85. The Balaban J connectivity index is 1.78. The maximum atomic E-state index is 11.6. The number of methoxy groups -OCH3 is 1. The number of hydrogen-bond donors (Lipinski definition) is 2. The van der Waals surface area contributed by atoms with Gasteiger partial charge in [0, 0.05) is 31.1 Å². The molecule has 1 aromatic carbocycles. The SMILES string of the molecule is CCOc1cccc(CNCCC(=O)NC2CC2)c1OC. The van der Waals surface area contributed by atoms with Gasteiger partial charge >= 0.3 is 0 Å². The first kappa shape index (κ1) is 15.6. The van der Waals surface area contributed by atoms with Gasteiger partial charge < -0.3 is 20.1 Å². The molecule has 1 aliphatic carbocycles. The van der Waals surface area contributed by atoms with Crippen molar-refractivity contribution in [1.29, 1.82) is 0 Å². The smallest absolute Gasteiger partial charge is 0.221 e. The molecule has 2 rings (SSSR count). The number of amides is 1. The highest BCUT2D eigenvalue weighted by atomic mass is 16.5. The van der Waals surface area contributed by atoms with E-state index in [0.29, 0.717) is 32.2 Å². The quantitative estimate of drug-likeness (QED) is 0.682. The average molecular weight is 292 g/mol. The van der Waals surface area contributed by atoms with Gasteiger partial charge in [-0.3, -0.25) is 4.79 Å². The van der Waals surface area contributed by atoms with Crippen molar-refractivity contribution in [2.75, 3.05) is 20.3 Å². The van der Waals surface area contributed by atoms with Gasteiger partial charge in [-0.1, -0.05) is 12.1 Å². The molecule has 0 bridgehead atoms. The summed E-state index contributed by atoms with van der Waals surface area (Å²) in [5.41, 5.74) is 1.03. The van der Waals surface area contributed by atoms with E-state index in [-0.39, 0.29) is 5.91 Å². The second-order valence-electron chi connectivity index (χ2n) is 5.15. The van der Waals surface area contributed by atoms with Crippen molar-refractivity contribution in [3.63, 3.8) is 0 Å². The summed E-state index contributed by atoms with van der Waals surface area (Å²) in [5, 5.41) is 6.25. The van der Waals surface area contributed by atoms with Crippen LogP contribution in [0.2, 0.25) is 0 Å². The van der Waals surface area contributed by atoms with Crippen LogP contribution in [0.15, 0.2) is 18.2 Å². The van der Waals surface area contributed by atoms with Crippen LogP contribution in [0, 0.1) is 0 Å². The molecule has 0 spiro atoms. The van der Waals surface area contributed by atoms with Crippen molar-refractivity contribution >= 4 is 5.91 Å². The third kappa shape index (κ3) is 4.93.